The lowest BCUT2D eigenvalue weighted by Gasteiger charge is -2.18. The van der Waals surface area contributed by atoms with Gasteiger partial charge in [-0.25, -0.2) is 4.79 Å². The van der Waals surface area contributed by atoms with Crippen molar-refractivity contribution >= 4 is 17.6 Å². The van der Waals surface area contributed by atoms with Gasteiger partial charge < -0.3 is 15.0 Å². The Bertz CT molecular complexity index is 836. The molecule has 0 aliphatic heterocycles. The van der Waals surface area contributed by atoms with Gasteiger partial charge in [0.15, 0.2) is 0 Å². The average molecular weight is 386 g/mol. The van der Waals surface area contributed by atoms with Crippen molar-refractivity contribution in [1.82, 2.24) is 9.88 Å². The van der Waals surface area contributed by atoms with Gasteiger partial charge in [-0.05, 0) is 64.0 Å². The van der Waals surface area contributed by atoms with E-state index in [-0.39, 0.29) is 12.0 Å². The molecule has 0 saturated carbocycles. The number of nitrogens with zero attached hydrogens (tertiary/aromatic N) is 1. The highest BCUT2D eigenvalue weighted by molar-refractivity contribution is 6.06. The van der Waals surface area contributed by atoms with Crippen molar-refractivity contribution in [2.45, 2.75) is 54.2 Å². The van der Waals surface area contributed by atoms with Crippen LogP contribution in [0.3, 0.4) is 0 Å². The average Bonchev–Trinajstić information content (AvgIpc) is 2.94. The molecule has 0 aliphatic rings. The molecule has 0 aliphatic carbocycles. The van der Waals surface area contributed by atoms with Crippen LogP contribution < -0.4 is 5.32 Å². The number of hydrogen-bond donors (Lipinski definition) is 2. The number of nitrogens with one attached hydrogen (secondary N) is 2. The molecule has 1 aromatic carbocycles. The third kappa shape index (κ3) is 5.23. The van der Waals surface area contributed by atoms with E-state index in [0.717, 1.165) is 30.9 Å². The molecule has 6 nitrogen and oxygen atoms in total. The molecular formula is C22H31N3O3. The van der Waals surface area contributed by atoms with Crippen molar-refractivity contribution in [3.63, 3.8) is 0 Å². The third-order valence-corrected chi connectivity index (χ3v) is 4.70. The first-order valence-corrected chi connectivity index (χ1v) is 9.79. The fraction of sp³-hybridized carbons (Fsp3) is 0.455. The Hall–Kier alpha value is -2.60. The first-order chi connectivity index (χ1) is 13.3. The van der Waals surface area contributed by atoms with Crippen LogP contribution in [0.2, 0.25) is 0 Å². The summed E-state index contributed by atoms with van der Waals surface area (Å²) in [7, 11) is 0. The van der Waals surface area contributed by atoms with E-state index >= 15 is 0 Å². The lowest BCUT2D eigenvalue weighted by molar-refractivity contribution is 0.0376. The molecule has 0 spiro atoms. The highest BCUT2D eigenvalue weighted by Gasteiger charge is 2.23. The Balaban J connectivity index is 2.19. The van der Waals surface area contributed by atoms with E-state index in [1.807, 2.05) is 18.2 Å². The number of aryl methyl sites for hydroxylation is 1. The molecule has 6 heteroatoms. The zero-order valence-electron chi connectivity index (χ0n) is 17.7. The molecule has 0 unspecified atom stereocenters. The molecule has 0 fully saturated rings. The largest absolute Gasteiger partial charge is 0.459 e. The zero-order chi connectivity index (χ0) is 20.8. The molecule has 2 N–H and O–H groups in total. The van der Waals surface area contributed by atoms with Crippen LogP contribution in [0.5, 0.6) is 0 Å². The van der Waals surface area contributed by atoms with Crippen LogP contribution in [0.1, 0.15) is 65.4 Å². The molecule has 0 saturated heterocycles. The van der Waals surface area contributed by atoms with Crippen molar-refractivity contribution in [1.29, 1.82) is 0 Å². The third-order valence-electron chi connectivity index (χ3n) is 4.70. The molecule has 2 aromatic rings. The van der Waals surface area contributed by atoms with Gasteiger partial charge in [0.25, 0.3) is 5.91 Å². The molecule has 28 heavy (non-hydrogen) atoms. The van der Waals surface area contributed by atoms with Crippen LogP contribution in [0, 0.1) is 13.8 Å². The Morgan fingerprint density at radius 1 is 1.18 bits per heavy atom. The number of benzene rings is 1. The Kier molecular flexibility index (Phi) is 7.40. The predicted molar refractivity (Wildman–Crippen MR) is 112 cm³/mol. The van der Waals surface area contributed by atoms with Crippen LogP contribution in [0.25, 0.3) is 0 Å². The summed E-state index contributed by atoms with van der Waals surface area (Å²) in [4.78, 5) is 30.4. The second kappa shape index (κ2) is 9.55. The molecule has 2 rings (SSSR count). The summed E-state index contributed by atoms with van der Waals surface area (Å²) in [5, 5.41) is 2.93. The first-order valence-electron chi connectivity index (χ1n) is 9.79. The number of H-pyrrole nitrogens is 1. The Morgan fingerprint density at radius 3 is 2.46 bits per heavy atom. The van der Waals surface area contributed by atoms with E-state index in [1.54, 1.807) is 27.7 Å². The topological polar surface area (TPSA) is 74.4 Å². The standard InChI is InChI=1S/C22H31N3O3/c1-7-25(8-2)13-17-10-9-11-18(12-17)24-21(26)20-15(5)19(16(6)23-20)22(27)28-14(3)4/h9-12,14,23H,7-8,13H2,1-6H3,(H,24,26). The molecule has 1 heterocycles. The molecule has 1 aromatic heterocycles. The van der Waals surface area contributed by atoms with Gasteiger partial charge in [-0.2, -0.15) is 0 Å². The molecule has 0 radical (unpaired) electrons. The van der Waals surface area contributed by atoms with Gasteiger partial charge in [0.05, 0.1) is 11.7 Å². The smallest absolute Gasteiger partial charge is 0.340 e. The number of carbonyl (C=O) groups is 2. The maximum absolute atomic E-state index is 12.8. The van der Waals surface area contributed by atoms with E-state index < -0.39 is 5.97 Å². The van der Waals surface area contributed by atoms with E-state index in [2.05, 4.69) is 35.1 Å². The van der Waals surface area contributed by atoms with E-state index in [1.165, 1.54) is 0 Å². The Labute approximate surface area is 167 Å². The lowest BCUT2D eigenvalue weighted by Crippen LogP contribution is -2.22. The minimum absolute atomic E-state index is 0.216. The second-order valence-corrected chi connectivity index (χ2v) is 7.19. The van der Waals surface area contributed by atoms with Gasteiger partial charge in [-0.15, -0.1) is 0 Å². The quantitative estimate of drug-likeness (QED) is 0.665. The van der Waals surface area contributed by atoms with Gasteiger partial charge in [0.1, 0.15) is 5.69 Å². The highest BCUT2D eigenvalue weighted by atomic mass is 16.5. The van der Waals surface area contributed by atoms with Crippen LogP contribution in [-0.2, 0) is 11.3 Å². The normalized spacial score (nSPS) is 11.1. The number of amides is 1. The second-order valence-electron chi connectivity index (χ2n) is 7.19. The first kappa shape index (κ1) is 21.7. The van der Waals surface area contributed by atoms with Crippen molar-refractivity contribution in [2.24, 2.45) is 0 Å². The van der Waals surface area contributed by atoms with Crippen LogP contribution >= 0.6 is 0 Å². The van der Waals surface area contributed by atoms with Gasteiger partial charge in [-0.3, -0.25) is 9.69 Å². The lowest BCUT2D eigenvalue weighted by atomic mass is 10.1. The summed E-state index contributed by atoms with van der Waals surface area (Å²) in [6.45, 7) is 14.2. The van der Waals surface area contributed by atoms with Gasteiger partial charge in [0.2, 0.25) is 0 Å². The van der Waals surface area contributed by atoms with E-state index in [4.69, 9.17) is 4.74 Å². The van der Waals surface area contributed by atoms with Crippen molar-refractivity contribution < 1.29 is 14.3 Å². The molecule has 0 atom stereocenters. The molecule has 1 amide bonds. The van der Waals surface area contributed by atoms with E-state index in [9.17, 15) is 9.59 Å². The molecule has 0 bridgehead atoms. The van der Waals surface area contributed by atoms with Crippen LogP contribution in [0.15, 0.2) is 24.3 Å². The van der Waals surface area contributed by atoms with Crippen LogP contribution in [0.4, 0.5) is 5.69 Å². The van der Waals surface area contributed by atoms with Gasteiger partial charge >= 0.3 is 5.97 Å². The van der Waals surface area contributed by atoms with Crippen molar-refractivity contribution in [2.75, 3.05) is 18.4 Å². The van der Waals surface area contributed by atoms with Crippen molar-refractivity contribution in [3.05, 3.63) is 52.3 Å². The maximum Gasteiger partial charge on any atom is 0.340 e. The minimum atomic E-state index is -0.415. The molecular weight excluding hydrogens is 354 g/mol. The zero-order valence-corrected chi connectivity index (χ0v) is 17.7. The monoisotopic (exact) mass is 385 g/mol. The van der Waals surface area contributed by atoms with Crippen molar-refractivity contribution in [3.8, 4) is 0 Å². The number of aromatic nitrogens is 1. The maximum atomic E-state index is 12.8. The minimum Gasteiger partial charge on any atom is -0.459 e. The summed E-state index contributed by atoms with van der Waals surface area (Å²) in [6.07, 6.45) is -0.216. The number of anilines is 1. The summed E-state index contributed by atoms with van der Waals surface area (Å²) in [6, 6.07) is 7.84. The summed E-state index contributed by atoms with van der Waals surface area (Å²) in [5.41, 5.74) is 3.90. The fourth-order valence-electron chi connectivity index (χ4n) is 3.20. The number of ether oxygens (including phenoxy) is 1. The number of aromatic amines is 1. The highest BCUT2D eigenvalue weighted by Crippen LogP contribution is 2.21. The SMILES string of the molecule is CCN(CC)Cc1cccc(NC(=O)c2[nH]c(C)c(C(=O)OC(C)C)c2C)c1. The van der Waals surface area contributed by atoms with Crippen LogP contribution in [-0.4, -0.2) is 41.0 Å². The van der Waals surface area contributed by atoms with E-state index in [0.29, 0.717) is 22.5 Å². The summed E-state index contributed by atoms with van der Waals surface area (Å²) >= 11 is 0. The number of carbonyl (C=O) groups excluding carboxylic acids is 2. The molecule has 152 valence electrons. The predicted octanol–water partition coefficient (Wildman–Crippen LogP) is 4.29. The fourth-order valence-corrected chi connectivity index (χ4v) is 3.20. The van der Waals surface area contributed by atoms with Gasteiger partial charge in [-0.1, -0.05) is 26.0 Å². The number of esters is 1. The summed E-state index contributed by atoms with van der Waals surface area (Å²) < 4.78 is 5.29. The number of rotatable bonds is 8. The number of hydrogen-bond acceptors (Lipinski definition) is 4. The Morgan fingerprint density at radius 2 is 1.86 bits per heavy atom. The van der Waals surface area contributed by atoms with Gasteiger partial charge in [0, 0.05) is 17.9 Å². The summed E-state index contributed by atoms with van der Waals surface area (Å²) in [5.74, 6) is -0.689.